The van der Waals surface area contributed by atoms with Gasteiger partial charge in [-0.25, -0.2) is 0 Å². The summed E-state index contributed by atoms with van der Waals surface area (Å²) in [6, 6.07) is 11.5. The van der Waals surface area contributed by atoms with Crippen LogP contribution in [0.1, 0.15) is 96.3 Å². The molecule has 1 spiro atoms. The predicted octanol–water partition coefficient (Wildman–Crippen LogP) is 6.74. The van der Waals surface area contributed by atoms with Crippen LogP contribution in [0.5, 0.6) is 0 Å². The quantitative estimate of drug-likeness (QED) is 0.381. The van der Waals surface area contributed by atoms with E-state index in [0.717, 1.165) is 58.2 Å². The van der Waals surface area contributed by atoms with Crippen molar-refractivity contribution in [3.8, 4) is 0 Å². The van der Waals surface area contributed by atoms with Crippen LogP contribution in [-0.2, 0) is 4.79 Å². The van der Waals surface area contributed by atoms with E-state index in [1.807, 2.05) is 0 Å². The maximum absolute atomic E-state index is 14.1. The molecule has 216 valence electrons. The normalized spacial score (nSPS) is 24.2. The molecule has 7 heteroatoms. The summed E-state index contributed by atoms with van der Waals surface area (Å²) < 4.78 is 0. The van der Waals surface area contributed by atoms with Crippen LogP contribution in [0.15, 0.2) is 30.3 Å². The Bertz CT molecular complexity index is 801. The van der Waals surface area contributed by atoms with Gasteiger partial charge in [-0.15, -0.1) is 24.8 Å². The molecule has 5 rings (SSSR count). The maximum Gasteiger partial charge on any atom is 0.250 e. The number of benzene rings is 1. The lowest BCUT2D eigenvalue weighted by Gasteiger charge is -2.45. The van der Waals surface area contributed by atoms with Crippen molar-refractivity contribution in [3.63, 3.8) is 0 Å². The van der Waals surface area contributed by atoms with Crippen LogP contribution >= 0.6 is 24.8 Å². The van der Waals surface area contributed by atoms with Gasteiger partial charge in [-0.3, -0.25) is 4.79 Å². The maximum atomic E-state index is 14.1. The molecule has 4 fully saturated rings. The predicted molar refractivity (Wildman–Crippen MR) is 164 cm³/mol. The molecular formula is C31H52Cl2N4O. The van der Waals surface area contributed by atoms with Crippen molar-refractivity contribution >= 4 is 36.4 Å². The molecule has 1 aromatic rings. The number of carbonyl (C=O) groups is 1. The number of rotatable bonds is 6. The highest BCUT2D eigenvalue weighted by Gasteiger charge is 2.53. The molecule has 0 atom stereocenters. The highest BCUT2D eigenvalue weighted by molar-refractivity contribution is 5.93. The third kappa shape index (κ3) is 7.59. The van der Waals surface area contributed by atoms with Gasteiger partial charge in [0.25, 0.3) is 0 Å². The van der Waals surface area contributed by atoms with Crippen molar-refractivity contribution < 1.29 is 4.79 Å². The zero-order valence-electron chi connectivity index (χ0n) is 23.5. The molecule has 1 aromatic carbocycles. The summed E-state index contributed by atoms with van der Waals surface area (Å²) in [7, 11) is 0. The third-order valence-electron chi connectivity index (χ3n) is 9.65. The van der Waals surface area contributed by atoms with Gasteiger partial charge in [-0.05, 0) is 76.7 Å². The topological polar surface area (TPSA) is 30.0 Å². The molecule has 0 aromatic heterocycles. The van der Waals surface area contributed by atoms with E-state index in [9.17, 15) is 4.79 Å². The van der Waals surface area contributed by atoms with Crippen LogP contribution in [-0.4, -0.2) is 78.1 Å². The molecule has 1 amide bonds. The molecular weight excluding hydrogens is 515 g/mol. The fourth-order valence-electron chi connectivity index (χ4n) is 7.45. The summed E-state index contributed by atoms with van der Waals surface area (Å²) in [4.78, 5) is 24.1. The van der Waals surface area contributed by atoms with Crippen molar-refractivity contribution in [1.82, 2.24) is 14.7 Å². The Morgan fingerprint density at radius 1 is 0.711 bits per heavy atom. The Labute approximate surface area is 244 Å². The number of hydrogen-bond donors (Lipinski definition) is 0. The summed E-state index contributed by atoms with van der Waals surface area (Å²) in [5, 5.41) is 0. The molecule has 0 radical (unpaired) electrons. The third-order valence-corrected chi connectivity index (χ3v) is 9.65. The van der Waals surface area contributed by atoms with E-state index in [4.69, 9.17) is 0 Å². The largest absolute Gasteiger partial charge is 0.339 e. The number of hydrogen-bond acceptors (Lipinski definition) is 4. The molecule has 3 saturated heterocycles. The number of nitrogens with zero attached hydrogens (tertiary/aromatic N) is 4. The molecule has 0 bridgehead atoms. The minimum Gasteiger partial charge on any atom is -0.339 e. The summed E-state index contributed by atoms with van der Waals surface area (Å²) >= 11 is 0. The fourth-order valence-corrected chi connectivity index (χ4v) is 7.45. The Kier molecular flexibility index (Phi) is 13.0. The zero-order chi connectivity index (χ0) is 24.6. The van der Waals surface area contributed by atoms with E-state index in [0.29, 0.717) is 5.91 Å². The first-order valence-corrected chi connectivity index (χ1v) is 15.3. The summed E-state index contributed by atoms with van der Waals surface area (Å²) in [5.74, 6) is 0.399. The molecule has 0 unspecified atom stereocenters. The average Bonchev–Trinajstić information content (AvgIpc) is 3.19. The van der Waals surface area contributed by atoms with Crippen molar-refractivity contribution in [2.24, 2.45) is 0 Å². The molecule has 4 aliphatic rings. The van der Waals surface area contributed by atoms with Crippen LogP contribution in [0.3, 0.4) is 0 Å². The molecule has 3 heterocycles. The van der Waals surface area contributed by atoms with E-state index in [1.54, 1.807) is 0 Å². The molecule has 1 aliphatic carbocycles. The lowest BCUT2D eigenvalue weighted by Crippen LogP contribution is -2.58. The van der Waals surface area contributed by atoms with Gasteiger partial charge in [0, 0.05) is 31.4 Å². The Hall–Kier alpha value is -1.01. The highest BCUT2D eigenvalue weighted by Crippen LogP contribution is 2.40. The molecule has 38 heavy (non-hydrogen) atoms. The smallest absolute Gasteiger partial charge is 0.250 e. The van der Waals surface area contributed by atoms with Crippen LogP contribution in [0.25, 0.3) is 0 Å². The van der Waals surface area contributed by atoms with Crippen molar-refractivity contribution in [3.05, 3.63) is 30.3 Å². The lowest BCUT2D eigenvalue weighted by atomic mass is 9.84. The SMILES string of the molecule is Cl.Cl.O=C1N(CCCN2CCCCC2)CN(c2ccccc2)C12CCN(C1CCCCCCCCC1)CC2. The van der Waals surface area contributed by atoms with E-state index in [1.165, 1.54) is 95.8 Å². The molecule has 0 N–H and O–H groups in total. The van der Waals surface area contributed by atoms with E-state index < -0.39 is 0 Å². The number of amides is 1. The summed E-state index contributed by atoms with van der Waals surface area (Å²) in [6.45, 7) is 7.41. The van der Waals surface area contributed by atoms with Gasteiger partial charge in [0.2, 0.25) is 5.91 Å². The van der Waals surface area contributed by atoms with Crippen molar-refractivity contribution in [1.29, 1.82) is 0 Å². The van der Waals surface area contributed by atoms with Gasteiger partial charge >= 0.3 is 0 Å². The first kappa shape index (κ1) is 31.5. The zero-order valence-corrected chi connectivity index (χ0v) is 25.2. The second-order valence-electron chi connectivity index (χ2n) is 12.0. The average molecular weight is 568 g/mol. The standard InChI is InChI=1S/C31H50N4O.2ClH/c36-30-31(19-25-33(26-20-31)28-15-8-4-2-1-3-5-9-16-28)35(29-17-10-6-11-18-29)27-34(30)24-14-23-32-21-12-7-13-22-32;;/h6,10-11,17-18,28H,1-5,7-9,12-16,19-27H2;2*1H. The fraction of sp³-hybridized carbons (Fsp3) is 0.774. The van der Waals surface area contributed by atoms with Gasteiger partial charge in [0.1, 0.15) is 5.54 Å². The Morgan fingerprint density at radius 3 is 1.92 bits per heavy atom. The van der Waals surface area contributed by atoms with Crippen LogP contribution < -0.4 is 4.90 Å². The minimum absolute atomic E-state index is 0. The van der Waals surface area contributed by atoms with Crippen molar-refractivity contribution in [2.45, 2.75) is 108 Å². The number of para-hydroxylation sites is 1. The van der Waals surface area contributed by atoms with Crippen LogP contribution in [0.4, 0.5) is 5.69 Å². The first-order valence-electron chi connectivity index (χ1n) is 15.3. The van der Waals surface area contributed by atoms with Gasteiger partial charge in [0.15, 0.2) is 0 Å². The number of carbonyl (C=O) groups excluding carboxylic acids is 1. The number of piperidine rings is 2. The van der Waals surface area contributed by atoms with Gasteiger partial charge < -0.3 is 19.6 Å². The minimum atomic E-state index is -0.348. The highest BCUT2D eigenvalue weighted by atomic mass is 35.5. The lowest BCUT2D eigenvalue weighted by molar-refractivity contribution is -0.134. The van der Waals surface area contributed by atoms with E-state index >= 15 is 0 Å². The summed E-state index contributed by atoms with van der Waals surface area (Å²) in [6.07, 6.45) is 19.6. The van der Waals surface area contributed by atoms with Gasteiger partial charge in [0.05, 0.1) is 6.67 Å². The molecule has 5 nitrogen and oxygen atoms in total. The monoisotopic (exact) mass is 566 g/mol. The summed E-state index contributed by atoms with van der Waals surface area (Å²) in [5.41, 5.74) is 0.871. The van der Waals surface area contributed by atoms with Gasteiger partial charge in [-0.2, -0.15) is 0 Å². The molecule has 3 aliphatic heterocycles. The number of likely N-dealkylation sites (tertiary alicyclic amines) is 2. The Balaban J connectivity index is 0.00000200. The Morgan fingerprint density at radius 2 is 1.29 bits per heavy atom. The second-order valence-corrected chi connectivity index (χ2v) is 12.0. The van der Waals surface area contributed by atoms with Crippen LogP contribution in [0, 0.1) is 0 Å². The van der Waals surface area contributed by atoms with Crippen molar-refractivity contribution in [2.75, 3.05) is 50.8 Å². The van der Waals surface area contributed by atoms with E-state index in [-0.39, 0.29) is 30.4 Å². The van der Waals surface area contributed by atoms with Gasteiger partial charge in [-0.1, -0.05) is 69.6 Å². The number of anilines is 1. The first-order chi connectivity index (χ1) is 17.8. The number of halogens is 2. The van der Waals surface area contributed by atoms with E-state index in [2.05, 4.69) is 49.9 Å². The second kappa shape index (κ2) is 15.7. The molecule has 1 saturated carbocycles. The van der Waals surface area contributed by atoms with Crippen LogP contribution in [0.2, 0.25) is 0 Å².